The maximum Gasteiger partial charge on any atom is 0.0768 e. The van der Waals surface area contributed by atoms with Gasteiger partial charge in [-0.15, -0.1) is 0 Å². The van der Waals surface area contributed by atoms with Crippen LogP contribution >= 0.6 is 0 Å². The maximum absolute atomic E-state index is 10.5. The first-order valence-electron chi connectivity index (χ1n) is 7.64. The van der Waals surface area contributed by atoms with Crippen LogP contribution in [0.25, 0.3) is 0 Å². The first kappa shape index (κ1) is 15.9. The third-order valence-corrected chi connectivity index (χ3v) is 4.26. The second-order valence-corrected chi connectivity index (χ2v) is 6.39. The summed E-state index contributed by atoms with van der Waals surface area (Å²) in [4.78, 5) is 2.45. The third-order valence-electron chi connectivity index (χ3n) is 4.26. The minimum absolute atomic E-state index is 0.304. The Morgan fingerprint density at radius 2 is 2.17 bits per heavy atom. The van der Waals surface area contributed by atoms with Gasteiger partial charge in [0.2, 0.25) is 0 Å². The Morgan fingerprint density at radius 1 is 1.44 bits per heavy atom. The van der Waals surface area contributed by atoms with Crippen molar-refractivity contribution in [2.24, 2.45) is 5.92 Å². The minimum atomic E-state index is -0.577. The number of nitrogens with zero attached hydrogens (tertiary/aromatic N) is 1. The molecule has 0 spiro atoms. The van der Waals surface area contributed by atoms with E-state index in [9.17, 15) is 5.11 Å². The zero-order chi connectivity index (χ0) is 13.6. The van der Waals surface area contributed by atoms with Gasteiger partial charge in [0.15, 0.2) is 0 Å². The van der Waals surface area contributed by atoms with E-state index >= 15 is 0 Å². The summed E-state index contributed by atoms with van der Waals surface area (Å²) in [7, 11) is 0. The van der Waals surface area contributed by atoms with Gasteiger partial charge < -0.3 is 10.4 Å². The molecule has 0 aromatic heterocycles. The molecular weight excluding hydrogens is 224 g/mol. The zero-order valence-corrected chi connectivity index (χ0v) is 12.7. The van der Waals surface area contributed by atoms with Gasteiger partial charge in [-0.05, 0) is 45.2 Å². The van der Waals surface area contributed by atoms with Gasteiger partial charge >= 0.3 is 0 Å². The van der Waals surface area contributed by atoms with Crippen LogP contribution in [-0.4, -0.2) is 47.8 Å². The Balaban J connectivity index is 2.48. The molecule has 3 heteroatoms. The molecule has 1 rings (SSSR count). The molecule has 0 radical (unpaired) electrons. The molecule has 2 N–H and O–H groups in total. The van der Waals surface area contributed by atoms with Crippen molar-refractivity contribution in [3.05, 3.63) is 0 Å². The van der Waals surface area contributed by atoms with E-state index in [1.54, 1.807) is 0 Å². The molecule has 0 aromatic carbocycles. The number of unbranched alkanes of at least 4 members (excludes halogenated alkanes) is 1. The van der Waals surface area contributed by atoms with E-state index in [1.165, 1.54) is 25.7 Å². The lowest BCUT2D eigenvalue weighted by molar-refractivity contribution is -0.0205. The number of aliphatic hydroxyl groups is 1. The van der Waals surface area contributed by atoms with Crippen molar-refractivity contribution in [2.45, 2.75) is 65.0 Å². The molecule has 0 saturated carbocycles. The van der Waals surface area contributed by atoms with Crippen molar-refractivity contribution in [3.8, 4) is 0 Å². The van der Waals surface area contributed by atoms with Gasteiger partial charge in [0.25, 0.3) is 0 Å². The van der Waals surface area contributed by atoms with Crippen LogP contribution in [0.5, 0.6) is 0 Å². The zero-order valence-electron chi connectivity index (χ0n) is 12.7. The Morgan fingerprint density at radius 3 is 2.67 bits per heavy atom. The molecule has 1 saturated heterocycles. The monoisotopic (exact) mass is 256 g/mol. The van der Waals surface area contributed by atoms with Crippen LogP contribution in [0.1, 0.15) is 53.4 Å². The quantitative estimate of drug-likeness (QED) is 0.699. The van der Waals surface area contributed by atoms with E-state index in [4.69, 9.17) is 0 Å². The number of hydrogen-bond acceptors (Lipinski definition) is 3. The van der Waals surface area contributed by atoms with Crippen LogP contribution in [0.15, 0.2) is 0 Å². The van der Waals surface area contributed by atoms with Gasteiger partial charge in [-0.1, -0.05) is 27.2 Å². The fraction of sp³-hybridized carbons (Fsp3) is 1.00. The highest BCUT2D eigenvalue weighted by molar-refractivity contribution is 4.84. The summed E-state index contributed by atoms with van der Waals surface area (Å²) in [6.07, 6.45) is 5.03. The first-order valence-corrected chi connectivity index (χ1v) is 7.64. The van der Waals surface area contributed by atoms with Crippen LogP contribution in [0.3, 0.4) is 0 Å². The highest BCUT2D eigenvalue weighted by Gasteiger charge is 2.29. The smallest absolute Gasteiger partial charge is 0.0768 e. The van der Waals surface area contributed by atoms with Crippen LogP contribution in [0.4, 0.5) is 0 Å². The highest BCUT2D eigenvalue weighted by atomic mass is 16.3. The summed E-state index contributed by atoms with van der Waals surface area (Å²) in [6.45, 7) is 12.6. The van der Waals surface area contributed by atoms with E-state index in [1.807, 2.05) is 6.92 Å². The molecule has 1 aliphatic rings. The molecule has 0 aromatic rings. The Kier molecular flexibility index (Phi) is 6.61. The third kappa shape index (κ3) is 5.25. The number of hydrogen-bond donors (Lipinski definition) is 2. The van der Waals surface area contributed by atoms with Crippen molar-refractivity contribution < 1.29 is 5.11 Å². The molecule has 18 heavy (non-hydrogen) atoms. The molecule has 1 fully saturated rings. The SMILES string of the molecule is CCCCN(CC1CCCN1)CC(C)(O)C(C)C. The van der Waals surface area contributed by atoms with Gasteiger partial charge in [0, 0.05) is 19.1 Å². The Labute approximate surface area is 113 Å². The average Bonchev–Trinajstić information content (AvgIpc) is 2.78. The second-order valence-electron chi connectivity index (χ2n) is 6.39. The number of nitrogens with one attached hydrogen (secondary N) is 1. The normalized spacial score (nSPS) is 23.8. The van der Waals surface area contributed by atoms with E-state index in [2.05, 4.69) is 31.0 Å². The van der Waals surface area contributed by atoms with Gasteiger partial charge in [0.1, 0.15) is 0 Å². The second kappa shape index (κ2) is 7.46. The Hall–Kier alpha value is -0.120. The van der Waals surface area contributed by atoms with E-state index in [0.29, 0.717) is 12.0 Å². The van der Waals surface area contributed by atoms with Crippen molar-refractivity contribution in [1.29, 1.82) is 0 Å². The molecule has 0 amide bonds. The highest BCUT2D eigenvalue weighted by Crippen LogP contribution is 2.19. The molecule has 2 atom stereocenters. The summed E-state index contributed by atoms with van der Waals surface area (Å²) in [5.74, 6) is 0.304. The maximum atomic E-state index is 10.5. The first-order chi connectivity index (χ1) is 8.45. The van der Waals surface area contributed by atoms with Gasteiger partial charge in [-0.3, -0.25) is 4.90 Å². The molecule has 0 aliphatic carbocycles. The van der Waals surface area contributed by atoms with E-state index in [-0.39, 0.29) is 0 Å². The molecule has 1 heterocycles. The summed E-state index contributed by atoms with van der Waals surface area (Å²) in [5.41, 5.74) is -0.577. The lowest BCUT2D eigenvalue weighted by atomic mass is 9.91. The summed E-state index contributed by atoms with van der Waals surface area (Å²) < 4.78 is 0. The molecular formula is C15H32N2O. The summed E-state index contributed by atoms with van der Waals surface area (Å²) >= 11 is 0. The van der Waals surface area contributed by atoms with Gasteiger partial charge in [0.05, 0.1) is 5.60 Å². The molecule has 0 bridgehead atoms. The van der Waals surface area contributed by atoms with Crippen molar-refractivity contribution in [2.75, 3.05) is 26.2 Å². The van der Waals surface area contributed by atoms with Crippen LogP contribution < -0.4 is 5.32 Å². The summed E-state index contributed by atoms with van der Waals surface area (Å²) in [6, 6.07) is 0.629. The predicted octanol–water partition coefficient (Wildman–Crippen LogP) is 2.25. The van der Waals surface area contributed by atoms with Crippen molar-refractivity contribution in [3.63, 3.8) is 0 Å². The van der Waals surface area contributed by atoms with E-state index < -0.39 is 5.60 Å². The molecule has 2 unspecified atom stereocenters. The molecule has 1 aliphatic heterocycles. The topological polar surface area (TPSA) is 35.5 Å². The number of rotatable bonds is 8. The minimum Gasteiger partial charge on any atom is -0.389 e. The van der Waals surface area contributed by atoms with Crippen LogP contribution in [-0.2, 0) is 0 Å². The fourth-order valence-corrected chi connectivity index (χ4v) is 2.48. The molecule has 108 valence electrons. The predicted molar refractivity (Wildman–Crippen MR) is 77.8 cm³/mol. The lowest BCUT2D eigenvalue weighted by Crippen LogP contribution is -2.48. The van der Waals surface area contributed by atoms with Gasteiger partial charge in [-0.25, -0.2) is 0 Å². The van der Waals surface area contributed by atoms with Crippen molar-refractivity contribution >= 4 is 0 Å². The van der Waals surface area contributed by atoms with Crippen LogP contribution in [0, 0.1) is 5.92 Å². The average molecular weight is 256 g/mol. The van der Waals surface area contributed by atoms with Crippen LogP contribution in [0.2, 0.25) is 0 Å². The van der Waals surface area contributed by atoms with Crippen molar-refractivity contribution in [1.82, 2.24) is 10.2 Å². The fourth-order valence-electron chi connectivity index (χ4n) is 2.48. The molecule has 3 nitrogen and oxygen atoms in total. The largest absolute Gasteiger partial charge is 0.389 e. The Bertz CT molecular complexity index is 223. The lowest BCUT2D eigenvalue weighted by Gasteiger charge is -2.35. The summed E-state index contributed by atoms with van der Waals surface area (Å²) in [5, 5.41) is 14.0. The van der Waals surface area contributed by atoms with E-state index in [0.717, 1.165) is 26.2 Å². The van der Waals surface area contributed by atoms with Gasteiger partial charge in [-0.2, -0.15) is 0 Å². The standard InChI is InChI=1S/C15H32N2O/c1-5-6-10-17(11-14-8-7-9-16-14)12-15(4,18)13(2)3/h13-14,16,18H,5-12H2,1-4H3.